The van der Waals surface area contributed by atoms with Crippen LogP contribution >= 0.6 is 0 Å². The third-order valence-corrected chi connectivity index (χ3v) is 1.68. The van der Waals surface area contributed by atoms with E-state index < -0.39 is 5.97 Å². The predicted molar refractivity (Wildman–Crippen MR) is 61.9 cm³/mol. The van der Waals surface area contributed by atoms with Crippen molar-refractivity contribution in [3.05, 3.63) is 35.9 Å². The number of carbonyl (C=O) groups is 1. The molecule has 0 unspecified atom stereocenters. The van der Waals surface area contributed by atoms with Gasteiger partial charge in [-0.3, -0.25) is 0 Å². The fraction of sp³-hybridized carbons (Fsp3) is 0.308. The van der Waals surface area contributed by atoms with Crippen LogP contribution in [-0.4, -0.2) is 11.6 Å². The Morgan fingerprint density at radius 3 is 2.29 bits per heavy atom. The maximum atomic E-state index is 10.2. The molecule has 1 aromatic rings. The number of benzene rings is 1. The summed E-state index contributed by atoms with van der Waals surface area (Å²) in [6, 6.07) is 6.84. The van der Waals surface area contributed by atoms with Gasteiger partial charge in [0.15, 0.2) is 5.75 Å². The molecule has 0 spiro atoms. The minimum Gasteiger partial charge on any atom is -0.545 e. The molecule has 0 N–H and O–H groups in total. The molecule has 0 saturated carbocycles. The van der Waals surface area contributed by atoms with Crippen LogP contribution < -0.4 is 9.99 Å². The van der Waals surface area contributed by atoms with Crippen molar-refractivity contribution in [1.82, 2.24) is 0 Å². The Balaban J connectivity index is 2.59. The fourth-order valence-corrected chi connectivity index (χ4v) is 0.972. The first-order valence-corrected chi connectivity index (χ1v) is 5.22. The van der Waals surface area contributed by atoms with E-state index in [0.717, 1.165) is 11.6 Å². The van der Waals surface area contributed by atoms with E-state index in [1.807, 2.05) is 20.8 Å². The summed E-state index contributed by atoms with van der Waals surface area (Å²) in [5.74, 6) is -0.660. The molecule has 17 heavy (non-hydrogen) atoms. The molecule has 0 bridgehead atoms. The molecular weight excluding hydrogens is 220 g/mol. The van der Waals surface area contributed by atoms with Gasteiger partial charge in [0.2, 0.25) is 0 Å². The molecule has 0 aliphatic heterocycles. The van der Waals surface area contributed by atoms with Gasteiger partial charge in [0.05, 0.1) is 5.97 Å². The summed E-state index contributed by atoms with van der Waals surface area (Å²) < 4.78 is 0. The van der Waals surface area contributed by atoms with Crippen molar-refractivity contribution in [3.8, 4) is 5.75 Å². The third kappa shape index (κ3) is 5.73. The average Bonchev–Trinajstić information content (AvgIpc) is 2.24. The van der Waals surface area contributed by atoms with Crippen LogP contribution in [0.5, 0.6) is 5.75 Å². The van der Waals surface area contributed by atoms with Crippen molar-refractivity contribution < 1.29 is 19.7 Å². The summed E-state index contributed by atoms with van der Waals surface area (Å²) in [4.78, 5) is 20.4. The Morgan fingerprint density at radius 1 is 1.24 bits per heavy atom. The van der Waals surface area contributed by atoms with Crippen LogP contribution in [0.4, 0.5) is 0 Å². The van der Waals surface area contributed by atoms with Crippen LogP contribution in [0.25, 0.3) is 6.08 Å². The highest BCUT2D eigenvalue weighted by atomic mass is 17.2. The van der Waals surface area contributed by atoms with Crippen molar-refractivity contribution in [2.75, 3.05) is 0 Å². The molecule has 0 atom stereocenters. The first-order chi connectivity index (χ1) is 7.87. The highest BCUT2D eigenvalue weighted by Gasteiger charge is 2.12. The summed E-state index contributed by atoms with van der Waals surface area (Å²) in [7, 11) is 0. The first kappa shape index (κ1) is 13.3. The van der Waals surface area contributed by atoms with Gasteiger partial charge in [-0.25, -0.2) is 0 Å². The van der Waals surface area contributed by atoms with Crippen LogP contribution in [0.3, 0.4) is 0 Å². The van der Waals surface area contributed by atoms with Crippen LogP contribution in [0, 0.1) is 0 Å². The second kappa shape index (κ2) is 5.50. The molecular formula is C13H15O4-. The van der Waals surface area contributed by atoms with Crippen molar-refractivity contribution in [2.45, 2.75) is 26.4 Å². The zero-order valence-corrected chi connectivity index (χ0v) is 10.1. The minimum atomic E-state index is -1.22. The minimum absolute atomic E-state index is 0.381. The van der Waals surface area contributed by atoms with Gasteiger partial charge < -0.3 is 14.8 Å². The van der Waals surface area contributed by atoms with E-state index in [2.05, 4.69) is 0 Å². The lowest BCUT2D eigenvalue weighted by Gasteiger charge is -2.17. The molecule has 0 aliphatic rings. The van der Waals surface area contributed by atoms with E-state index in [0.29, 0.717) is 5.75 Å². The van der Waals surface area contributed by atoms with E-state index in [1.54, 1.807) is 24.3 Å². The Bertz CT molecular complexity index is 398. The zero-order chi connectivity index (χ0) is 12.9. The topological polar surface area (TPSA) is 58.6 Å². The van der Waals surface area contributed by atoms with Crippen LogP contribution in [0.2, 0.25) is 0 Å². The molecule has 0 heterocycles. The van der Waals surface area contributed by atoms with Crippen molar-refractivity contribution in [2.24, 2.45) is 0 Å². The summed E-state index contributed by atoms with van der Waals surface area (Å²) >= 11 is 0. The highest BCUT2D eigenvalue weighted by molar-refractivity contribution is 5.83. The van der Waals surface area contributed by atoms with E-state index in [-0.39, 0.29) is 5.60 Å². The van der Waals surface area contributed by atoms with Crippen molar-refractivity contribution in [1.29, 1.82) is 0 Å². The Kier molecular flexibility index (Phi) is 4.29. The quantitative estimate of drug-likeness (QED) is 0.451. The molecule has 1 rings (SSSR count). The Labute approximate surface area is 100 Å². The van der Waals surface area contributed by atoms with Gasteiger partial charge in [0.25, 0.3) is 0 Å². The molecule has 1 aromatic carbocycles. The van der Waals surface area contributed by atoms with E-state index >= 15 is 0 Å². The standard InChI is InChI=1S/C13H16O4/c1-13(2,3)17-16-11-7-4-10(5-8-11)6-9-12(14)15/h4-9H,1-3H3,(H,14,15)/p-1. The summed E-state index contributed by atoms with van der Waals surface area (Å²) in [6.45, 7) is 5.64. The number of aliphatic carboxylic acids is 1. The number of rotatable bonds is 4. The maximum absolute atomic E-state index is 10.2. The Morgan fingerprint density at radius 2 is 1.82 bits per heavy atom. The molecule has 0 amide bonds. The number of carbonyl (C=O) groups excluding carboxylic acids is 1. The summed E-state index contributed by atoms with van der Waals surface area (Å²) in [5.41, 5.74) is 0.366. The lowest BCUT2D eigenvalue weighted by atomic mass is 10.2. The first-order valence-electron chi connectivity index (χ1n) is 5.22. The molecule has 0 aromatic heterocycles. The highest BCUT2D eigenvalue weighted by Crippen LogP contribution is 2.16. The number of hydrogen-bond donors (Lipinski definition) is 0. The maximum Gasteiger partial charge on any atom is 0.165 e. The van der Waals surface area contributed by atoms with Gasteiger partial charge >= 0.3 is 0 Å². The van der Waals surface area contributed by atoms with Crippen LogP contribution in [0.1, 0.15) is 26.3 Å². The number of carboxylic acid groups (broad SMARTS) is 1. The Hall–Kier alpha value is -1.81. The van der Waals surface area contributed by atoms with E-state index in [9.17, 15) is 9.90 Å². The van der Waals surface area contributed by atoms with Crippen molar-refractivity contribution in [3.63, 3.8) is 0 Å². The molecule has 92 valence electrons. The van der Waals surface area contributed by atoms with Crippen molar-refractivity contribution >= 4 is 12.0 Å². The van der Waals surface area contributed by atoms with Gasteiger partial charge in [-0.05, 0) is 44.5 Å². The number of carboxylic acids is 1. The van der Waals surface area contributed by atoms with Crippen LogP contribution in [0.15, 0.2) is 30.3 Å². The van der Waals surface area contributed by atoms with Crippen LogP contribution in [-0.2, 0) is 9.68 Å². The molecule has 0 fully saturated rings. The summed E-state index contributed by atoms with van der Waals surface area (Å²) in [6.07, 6.45) is 2.42. The predicted octanol–water partition coefficient (Wildman–Crippen LogP) is 1.56. The molecule has 0 radical (unpaired) electrons. The number of hydrogen-bond acceptors (Lipinski definition) is 4. The van der Waals surface area contributed by atoms with E-state index in [1.165, 1.54) is 6.08 Å². The normalized spacial score (nSPS) is 11.7. The van der Waals surface area contributed by atoms with Gasteiger partial charge in [-0.15, -0.1) is 0 Å². The molecule has 0 saturated heterocycles. The zero-order valence-electron chi connectivity index (χ0n) is 10.1. The van der Waals surface area contributed by atoms with Gasteiger partial charge in [0.1, 0.15) is 5.60 Å². The third-order valence-electron chi connectivity index (χ3n) is 1.68. The molecule has 4 heteroatoms. The SMILES string of the molecule is CC(C)(C)OOc1ccc(C=CC(=O)[O-])cc1. The monoisotopic (exact) mass is 235 g/mol. The lowest BCUT2D eigenvalue weighted by Crippen LogP contribution is -2.21. The van der Waals surface area contributed by atoms with Gasteiger partial charge in [-0.1, -0.05) is 18.2 Å². The smallest absolute Gasteiger partial charge is 0.165 e. The average molecular weight is 235 g/mol. The van der Waals surface area contributed by atoms with Gasteiger partial charge in [0, 0.05) is 0 Å². The van der Waals surface area contributed by atoms with Gasteiger partial charge in [-0.2, -0.15) is 4.89 Å². The fourth-order valence-electron chi connectivity index (χ4n) is 0.972. The largest absolute Gasteiger partial charge is 0.545 e. The molecule has 0 aliphatic carbocycles. The lowest BCUT2D eigenvalue weighted by molar-refractivity contribution is -0.297. The molecule has 4 nitrogen and oxygen atoms in total. The summed E-state index contributed by atoms with van der Waals surface area (Å²) in [5, 5.41) is 10.2. The second-order valence-corrected chi connectivity index (χ2v) is 4.50. The van der Waals surface area contributed by atoms with E-state index in [4.69, 9.17) is 9.78 Å². The second-order valence-electron chi connectivity index (χ2n) is 4.50.